The van der Waals surface area contributed by atoms with Crippen LogP contribution in [-0.4, -0.2) is 31.7 Å². The number of nitrogens with two attached hydrogens (primary N) is 1. The summed E-state index contributed by atoms with van der Waals surface area (Å²) in [7, 11) is -2.53. The number of H-pyrrole nitrogens is 1. The number of nitrogen functional groups attached to an aromatic ring is 1. The number of rotatable bonds is 7. The van der Waals surface area contributed by atoms with Gasteiger partial charge in [0.25, 0.3) is 10.0 Å². The summed E-state index contributed by atoms with van der Waals surface area (Å²) in [5.41, 5.74) is 9.97. The standard InChI is InChI=1S/C23H22N4O5S/c1-14-3-8-18(9-4-14)33(29,30)27-32-23(28)16-6-5-15(22(12-16)31-2)11-21-19-13-17(24)7-10-20(19)25-26-21/h3-10,12-13,27H,11,24H2,1-2H3,(H,25,26). The molecule has 4 rings (SSSR count). The summed E-state index contributed by atoms with van der Waals surface area (Å²) in [6.07, 6.45) is 0.433. The average molecular weight is 467 g/mol. The van der Waals surface area contributed by atoms with Crippen LogP contribution in [0.4, 0.5) is 5.69 Å². The Morgan fingerprint density at radius 2 is 1.85 bits per heavy atom. The highest BCUT2D eigenvalue weighted by Crippen LogP contribution is 2.27. The molecule has 0 radical (unpaired) electrons. The fraction of sp³-hybridized carbons (Fsp3) is 0.130. The van der Waals surface area contributed by atoms with Crippen molar-refractivity contribution in [2.45, 2.75) is 18.2 Å². The molecular formula is C23H22N4O5S. The molecule has 0 saturated carbocycles. The lowest BCUT2D eigenvalue weighted by molar-refractivity contribution is 0.0407. The van der Waals surface area contributed by atoms with Crippen molar-refractivity contribution in [2.75, 3.05) is 12.8 Å². The van der Waals surface area contributed by atoms with Crippen molar-refractivity contribution < 1.29 is 22.8 Å². The van der Waals surface area contributed by atoms with E-state index in [9.17, 15) is 13.2 Å². The SMILES string of the molecule is COc1cc(C(=O)ONS(=O)(=O)c2ccc(C)cc2)ccc1Cc1n[nH]c2ccc(N)cc12. The van der Waals surface area contributed by atoms with E-state index in [1.807, 2.05) is 23.9 Å². The third kappa shape index (κ3) is 4.81. The van der Waals surface area contributed by atoms with Gasteiger partial charge in [0, 0.05) is 23.1 Å². The molecule has 0 aliphatic carbocycles. The van der Waals surface area contributed by atoms with Crippen LogP contribution in [0.2, 0.25) is 0 Å². The maximum Gasteiger partial charge on any atom is 0.357 e. The molecule has 0 aliphatic heterocycles. The number of nitrogens with zero attached hydrogens (tertiary/aromatic N) is 1. The Morgan fingerprint density at radius 1 is 1.09 bits per heavy atom. The van der Waals surface area contributed by atoms with Gasteiger partial charge >= 0.3 is 5.97 Å². The highest BCUT2D eigenvalue weighted by molar-refractivity contribution is 7.89. The Bertz CT molecular complexity index is 1430. The normalized spacial score (nSPS) is 11.5. The van der Waals surface area contributed by atoms with Crippen LogP contribution in [-0.2, 0) is 21.3 Å². The number of hydrogen-bond donors (Lipinski definition) is 3. The predicted molar refractivity (Wildman–Crippen MR) is 123 cm³/mol. The number of benzene rings is 3. The van der Waals surface area contributed by atoms with Gasteiger partial charge in [0.1, 0.15) is 5.75 Å². The van der Waals surface area contributed by atoms with Gasteiger partial charge in [-0.2, -0.15) is 5.10 Å². The lowest BCUT2D eigenvalue weighted by atomic mass is 10.0. The first-order valence-corrected chi connectivity index (χ1v) is 11.4. The number of sulfonamides is 1. The number of aromatic nitrogens is 2. The van der Waals surface area contributed by atoms with Crippen molar-refractivity contribution in [3.63, 3.8) is 0 Å². The molecule has 0 atom stereocenters. The molecule has 3 aromatic carbocycles. The Balaban J connectivity index is 1.50. The largest absolute Gasteiger partial charge is 0.496 e. The topological polar surface area (TPSA) is 136 Å². The highest BCUT2D eigenvalue weighted by atomic mass is 32.2. The van der Waals surface area contributed by atoms with Gasteiger partial charge in [-0.3, -0.25) is 5.10 Å². The van der Waals surface area contributed by atoms with E-state index in [-0.39, 0.29) is 10.5 Å². The van der Waals surface area contributed by atoms with Gasteiger partial charge in [-0.1, -0.05) is 23.8 Å². The summed E-state index contributed by atoms with van der Waals surface area (Å²) in [5, 5.41) is 8.21. The third-order valence-corrected chi connectivity index (χ3v) is 6.32. The van der Waals surface area contributed by atoms with Gasteiger partial charge in [0.15, 0.2) is 0 Å². The number of fused-ring (bicyclic) bond motifs is 1. The fourth-order valence-electron chi connectivity index (χ4n) is 3.34. The van der Waals surface area contributed by atoms with Gasteiger partial charge in [0.05, 0.1) is 28.8 Å². The van der Waals surface area contributed by atoms with Crippen LogP contribution in [0.5, 0.6) is 5.75 Å². The molecule has 0 fully saturated rings. The van der Waals surface area contributed by atoms with Crippen LogP contribution in [0.15, 0.2) is 65.6 Å². The number of nitrogens with one attached hydrogen (secondary N) is 2. The Morgan fingerprint density at radius 3 is 2.58 bits per heavy atom. The molecule has 0 saturated heterocycles. The molecule has 9 nitrogen and oxygen atoms in total. The lowest BCUT2D eigenvalue weighted by Gasteiger charge is -2.11. The van der Waals surface area contributed by atoms with Gasteiger partial charge in [-0.15, -0.1) is 0 Å². The van der Waals surface area contributed by atoms with E-state index in [1.54, 1.807) is 24.3 Å². The summed E-state index contributed by atoms with van der Waals surface area (Å²) < 4.78 is 30.1. The first-order chi connectivity index (χ1) is 15.8. The molecule has 0 aliphatic rings. The smallest absolute Gasteiger partial charge is 0.357 e. The summed E-state index contributed by atoms with van der Waals surface area (Å²) in [6.45, 7) is 1.84. The predicted octanol–water partition coefficient (Wildman–Crippen LogP) is 3.10. The molecule has 4 aromatic rings. The van der Waals surface area contributed by atoms with Crippen LogP contribution < -0.4 is 15.4 Å². The molecule has 0 bridgehead atoms. The lowest BCUT2D eigenvalue weighted by Crippen LogP contribution is -2.27. The van der Waals surface area contributed by atoms with E-state index in [4.69, 9.17) is 15.3 Å². The zero-order valence-corrected chi connectivity index (χ0v) is 18.8. The quantitative estimate of drug-likeness (QED) is 0.281. The van der Waals surface area contributed by atoms with Crippen LogP contribution in [0.3, 0.4) is 0 Å². The number of anilines is 1. The minimum Gasteiger partial charge on any atom is -0.496 e. The van der Waals surface area contributed by atoms with Crippen molar-refractivity contribution >= 4 is 32.6 Å². The maximum absolute atomic E-state index is 12.4. The number of aromatic amines is 1. The summed E-state index contributed by atoms with van der Waals surface area (Å²) in [4.78, 5) is 19.1. The van der Waals surface area contributed by atoms with Gasteiger partial charge in [0.2, 0.25) is 0 Å². The first-order valence-electron chi connectivity index (χ1n) is 9.96. The maximum atomic E-state index is 12.4. The number of aryl methyl sites for hydroxylation is 1. The molecule has 170 valence electrons. The van der Waals surface area contributed by atoms with Crippen LogP contribution in [0, 0.1) is 6.92 Å². The number of methoxy groups -OCH3 is 1. The van der Waals surface area contributed by atoms with Crippen LogP contribution >= 0.6 is 0 Å². The van der Waals surface area contributed by atoms with Crippen molar-refractivity contribution in [3.8, 4) is 5.75 Å². The second kappa shape index (κ2) is 8.93. The summed E-state index contributed by atoms with van der Waals surface area (Å²) in [6, 6.07) is 16.4. The molecule has 0 spiro atoms. The van der Waals surface area contributed by atoms with E-state index >= 15 is 0 Å². The Labute approximate surface area is 190 Å². The monoisotopic (exact) mass is 466 g/mol. The second-order valence-corrected chi connectivity index (χ2v) is 9.11. The minimum atomic E-state index is -4.01. The van der Waals surface area contributed by atoms with Crippen LogP contribution in [0.1, 0.15) is 27.2 Å². The highest BCUT2D eigenvalue weighted by Gasteiger charge is 2.19. The van der Waals surface area contributed by atoms with E-state index in [0.29, 0.717) is 17.9 Å². The molecule has 10 heteroatoms. The van der Waals surface area contributed by atoms with Gasteiger partial charge in [-0.05, 0) is 54.3 Å². The molecule has 4 N–H and O–H groups in total. The molecular weight excluding hydrogens is 444 g/mol. The molecule has 1 aromatic heterocycles. The first kappa shape index (κ1) is 22.3. The minimum absolute atomic E-state index is 0.0132. The van der Waals surface area contributed by atoms with Crippen molar-refractivity contribution in [2.24, 2.45) is 0 Å². The zero-order chi connectivity index (χ0) is 23.6. The number of hydrogen-bond acceptors (Lipinski definition) is 7. The van der Waals surface area contributed by atoms with Gasteiger partial charge in [-0.25, -0.2) is 13.2 Å². The number of ether oxygens (including phenoxy) is 1. The average Bonchev–Trinajstić information content (AvgIpc) is 3.19. The summed E-state index contributed by atoms with van der Waals surface area (Å²) >= 11 is 0. The molecule has 0 unspecified atom stereocenters. The molecule has 1 heterocycles. The molecule has 0 amide bonds. The number of carbonyl (C=O) groups is 1. The number of carbonyl (C=O) groups excluding carboxylic acids is 1. The van der Waals surface area contributed by atoms with Crippen molar-refractivity contribution in [3.05, 3.63) is 83.0 Å². The fourth-order valence-corrected chi connectivity index (χ4v) is 4.11. The van der Waals surface area contributed by atoms with E-state index in [1.165, 1.54) is 31.4 Å². The van der Waals surface area contributed by atoms with E-state index in [2.05, 4.69) is 10.2 Å². The van der Waals surface area contributed by atoms with Gasteiger partial charge < -0.3 is 15.3 Å². The van der Waals surface area contributed by atoms with Crippen molar-refractivity contribution in [1.82, 2.24) is 15.1 Å². The second-order valence-electron chi connectivity index (χ2n) is 7.47. The van der Waals surface area contributed by atoms with E-state index < -0.39 is 16.0 Å². The molecule has 33 heavy (non-hydrogen) atoms. The summed E-state index contributed by atoms with van der Waals surface area (Å²) in [5.74, 6) is -0.431. The Hall–Kier alpha value is -3.89. The van der Waals surface area contributed by atoms with Crippen LogP contribution in [0.25, 0.3) is 10.9 Å². The van der Waals surface area contributed by atoms with Crippen molar-refractivity contribution in [1.29, 1.82) is 0 Å². The Kier molecular flexibility index (Phi) is 6.03. The third-order valence-electron chi connectivity index (χ3n) is 5.12. The van der Waals surface area contributed by atoms with E-state index in [0.717, 1.165) is 27.7 Å². The zero-order valence-electron chi connectivity index (χ0n) is 18.0.